The molecule has 178 valence electrons. The number of aryl methyl sites for hydroxylation is 2. The van der Waals surface area contributed by atoms with Crippen molar-refractivity contribution in [3.05, 3.63) is 65.0 Å². The summed E-state index contributed by atoms with van der Waals surface area (Å²) in [6.45, 7) is 4.36. The molecule has 0 spiro atoms. The normalized spacial score (nSPS) is 18.9. The molecule has 2 heterocycles. The van der Waals surface area contributed by atoms with Crippen molar-refractivity contribution in [2.45, 2.75) is 51.6 Å². The first-order valence-electron chi connectivity index (χ1n) is 12.2. The fraction of sp³-hybridized carbons (Fsp3) is 0.444. The lowest BCUT2D eigenvalue weighted by Gasteiger charge is -2.32. The van der Waals surface area contributed by atoms with Crippen LogP contribution in [0.1, 0.15) is 54.3 Å². The number of nitrogens with one attached hydrogen (secondary N) is 1. The maximum atomic E-state index is 13.1. The highest BCUT2D eigenvalue weighted by molar-refractivity contribution is 5.79. The monoisotopic (exact) mass is 460 g/mol. The number of carbonyl (C=O) groups is 1. The predicted octanol–water partition coefficient (Wildman–Crippen LogP) is 4.46. The second-order valence-corrected chi connectivity index (χ2v) is 9.45. The van der Waals surface area contributed by atoms with E-state index >= 15 is 0 Å². The number of hydrogen-bond acceptors (Lipinski definition) is 6. The van der Waals surface area contributed by atoms with E-state index < -0.39 is 0 Å². The predicted molar refractivity (Wildman–Crippen MR) is 129 cm³/mol. The molecule has 1 amide bonds. The summed E-state index contributed by atoms with van der Waals surface area (Å²) >= 11 is 0. The maximum Gasteiger partial charge on any atom is 0.241 e. The molecule has 0 bridgehead atoms. The summed E-state index contributed by atoms with van der Waals surface area (Å²) in [7, 11) is 1.69. The molecular formula is C27H32N4O3. The molecule has 3 aromatic rings. The van der Waals surface area contributed by atoms with Crippen LogP contribution < -0.4 is 10.1 Å². The van der Waals surface area contributed by atoms with E-state index in [0.29, 0.717) is 18.3 Å². The van der Waals surface area contributed by atoms with Crippen LogP contribution in [-0.4, -0.2) is 41.1 Å². The smallest absolute Gasteiger partial charge is 0.241 e. The highest BCUT2D eigenvalue weighted by Crippen LogP contribution is 2.33. The minimum atomic E-state index is 0.0467. The van der Waals surface area contributed by atoms with Crippen molar-refractivity contribution < 1.29 is 14.1 Å². The van der Waals surface area contributed by atoms with Gasteiger partial charge in [-0.3, -0.25) is 9.69 Å². The van der Waals surface area contributed by atoms with E-state index in [1.165, 1.54) is 16.7 Å². The summed E-state index contributed by atoms with van der Waals surface area (Å²) in [6.07, 6.45) is 4.79. The Labute approximate surface area is 200 Å². The molecule has 1 aliphatic carbocycles. The number of amides is 1. The van der Waals surface area contributed by atoms with Crippen LogP contribution in [0.25, 0.3) is 11.4 Å². The number of methoxy groups -OCH3 is 1. The molecule has 5 rings (SSSR count). The number of likely N-dealkylation sites (tertiary alicyclic amines) is 1. The van der Waals surface area contributed by atoms with Crippen LogP contribution in [-0.2, 0) is 17.8 Å². The lowest BCUT2D eigenvalue weighted by molar-refractivity contribution is -0.127. The van der Waals surface area contributed by atoms with Crippen LogP contribution in [0.5, 0.6) is 5.75 Å². The molecule has 2 aromatic carbocycles. The fourth-order valence-electron chi connectivity index (χ4n) is 5.12. The van der Waals surface area contributed by atoms with Gasteiger partial charge in [-0.05, 0) is 81.4 Å². The van der Waals surface area contributed by atoms with Gasteiger partial charge in [0.25, 0.3) is 0 Å². The SMILES string of the molecule is COc1ccc2c(c1)CCCC2NC(=O)C1CCN(Cc2nc(-c3cccc(C)c3)no2)CC1. The van der Waals surface area contributed by atoms with Crippen molar-refractivity contribution in [2.24, 2.45) is 5.92 Å². The van der Waals surface area contributed by atoms with Crippen molar-refractivity contribution in [3.8, 4) is 17.1 Å². The Balaban J connectivity index is 1.14. The molecule has 0 saturated carbocycles. The number of piperidine rings is 1. The van der Waals surface area contributed by atoms with Gasteiger partial charge in [-0.2, -0.15) is 4.98 Å². The van der Waals surface area contributed by atoms with Gasteiger partial charge < -0.3 is 14.6 Å². The highest BCUT2D eigenvalue weighted by atomic mass is 16.5. The minimum Gasteiger partial charge on any atom is -0.497 e. The minimum absolute atomic E-state index is 0.0467. The summed E-state index contributed by atoms with van der Waals surface area (Å²) in [4.78, 5) is 19.9. The van der Waals surface area contributed by atoms with Gasteiger partial charge in [0.15, 0.2) is 0 Å². The molecule has 1 N–H and O–H groups in total. The molecule has 1 atom stereocenters. The van der Waals surface area contributed by atoms with Crippen LogP contribution in [0.2, 0.25) is 0 Å². The molecule has 34 heavy (non-hydrogen) atoms. The van der Waals surface area contributed by atoms with Crippen LogP contribution in [0.3, 0.4) is 0 Å². The number of fused-ring (bicyclic) bond motifs is 1. The van der Waals surface area contributed by atoms with E-state index in [4.69, 9.17) is 9.26 Å². The Bertz CT molecular complexity index is 1150. The van der Waals surface area contributed by atoms with Gasteiger partial charge in [0.1, 0.15) is 5.75 Å². The van der Waals surface area contributed by atoms with Crippen LogP contribution in [0, 0.1) is 12.8 Å². The molecule has 1 saturated heterocycles. The zero-order valence-corrected chi connectivity index (χ0v) is 19.9. The molecule has 1 fully saturated rings. The molecule has 2 aliphatic rings. The van der Waals surface area contributed by atoms with Crippen molar-refractivity contribution in [2.75, 3.05) is 20.2 Å². The van der Waals surface area contributed by atoms with E-state index in [2.05, 4.69) is 51.5 Å². The molecule has 0 radical (unpaired) electrons. The summed E-state index contributed by atoms with van der Waals surface area (Å²) in [5, 5.41) is 7.48. The average molecular weight is 461 g/mol. The van der Waals surface area contributed by atoms with Crippen molar-refractivity contribution in [1.29, 1.82) is 0 Å². The van der Waals surface area contributed by atoms with Crippen LogP contribution >= 0.6 is 0 Å². The van der Waals surface area contributed by atoms with Gasteiger partial charge in [-0.1, -0.05) is 35.0 Å². The van der Waals surface area contributed by atoms with Crippen LogP contribution in [0.4, 0.5) is 0 Å². The summed E-state index contributed by atoms with van der Waals surface area (Å²) in [5.41, 5.74) is 4.66. The van der Waals surface area contributed by atoms with E-state index in [1.54, 1.807) is 7.11 Å². The fourth-order valence-corrected chi connectivity index (χ4v) is 5.12. The quantitative estimate of drug-likeness (QED) is 0.585. The molecule has 1 aromatic heterocycles. The number of hydrogen-bond donors (Lipinski definition) is 1. The first-order chi connectivity index (χ1) is 16.6. The van der Waals surface area contributed by atoms with Gasteiger partial charge in [-0.25, -0.2) is 0 Å². The van der Waals surface area contributed by atoms with Gasteiger partial charge >= 0.3 is 0 Å². The first kappa shape index (κ1) is 22.6. The number of rotatable bonds is 6. The summed E-state index contributed by atoms with van der Waals surface area (Å²) < 4.78 is 10.9. The number of nitrogens with zero attached hydrogens (tertiary/aromatic N) is 3. The van der Waals surface area contributed by atoms with Crippen molar-refractivity contribution in [3.63, 3.8) is 0 Å². The standard InChI is InChI=1S/C27H32N4O3/c1-18-5-3-7-21(15-18)26-29-25(34-30-26)17-31-13-11-19(12-14-31)27(32)28-24-8-4-6-20-16-22(33-2)9-10-23(20)24/h3,5,7,9-10,15-16,19,24H,4,6,8,11-14,17H2,1-2H3,(H,28,32). The van der Waals surface area contributed by atoms with Gasteiger partial charge in [0, 0.05) is 11.5 Å². The van der Waals surface area contributed by atoms with Crippen molar-refractivity contribution in [1.82, 2.24) is 20.4 Å². The zero-order valence-electron chi connectivity index (χ0n) is 19.9. The molecule has 1 unspecified atom stereocenters. The number of ether oxygens (including phenoxy) is 1. The average Bonchev–Trinajstić information content (AvgIpc) is 3.33. The Morgan fingerprint density at radius 2 is 2.03 bits per heavy atom. The summed E-state index contributed by atoms with van der Waals surface area (Å²) in [6, 6.07) is 14.4. The molecule has 7 nitrogen and oxygen atoms in total. The third-order valence-corrected chi connectivity index (χ3v) is 7.04. The topological polar surface area (TPSA) is 80.5 Å². The third kappa shape index (κ3) is 4.99. The van der Waals surface area contributed by atoms with Crippen molar-refractivity contribution >= 4 is 5.91 Å². The summed E-state index contributed by atoms with van der Waals surface area (Å²) in [5.74, 6) is 2.34. The second kappa shape index (κ2) is 9.97. The highest BCUT2D eigenvalue weighted by Gasteiger charge is 2.29. The third-order valence-electron chi connectivity index (χ3n) is 7.04. The van der Waals surface area contributed by atoms with Gasteiger partial charge in [0.2, 0.25) is 17.6 Å². The molecule has 7 heteroatoms. The molecule has 1 aliphatic heterocycles. The molecular weight excluding hydrogens is 428 g/mol. The van der Waals surface area contributed by atoms with Gasteiger partial charge in [-0.15, -0.1) is 0 Å². The lowest BCUT2D eigenvalue weighted by atomic mass is 9.86. The Morgan fingerprint density at radius 3 is 2.82 bits per heavy atom. The van der Waals surface area contributed by atoms with E-state index in [1.807, 2.05) is 18.2 Å². The Kier molecular flexibility index (Phi) is 6.63. The second-order valence-electron chi connectivity index (χ2n) is 9.45. The number of aromatic nitrogens is 2. The van der Waals surface area contributed by atoms with E-state index in [-0.39, 0.29) is 17.9 Å². The largest absolute Gasteiger partial charge is 0.497 e. The van der Waals surface area contributed by atoms with Crippen LogP contribution in [0.15, 0.2) is 47.0 Å². The Morgan fingerprint density at radius 1 is 1.18 bits per heavy atom. The van der Waals surface area contributed by atoms with E-state index in [0.717, 1.165) is 56.5 Å². The van der Waals surface area contributed by atoms with E-state index in [9.17, 15) is 4.79 Å². The first-order valence-corrected chi connectivity index (χ1v) is 12.2. The number of carbonyl (C=O) groups excluding carboxylic acids is 1. The Hall–Kier alpha value is -3.19. The number of benzene rings is 2. The lowest BCUT2D eigenvalue weighted by Crippen LogP contribution is -2.41. The zero-order chi connectivity index (χ0) is 23.5. The maximum absolute atomic E-state index is 13.1. The van der Waals surface area contributed by atoms with Gasteiger partial charge in [0.05, 0.1) is 19.7 Å².